The zero-order valence-electron chi connectivity index (χ0n) is 13.0. The molecule has 1 aromatic rings. The predicted molar refractivity (Wildman–Crippen MR) is 81.6 cm³/mol. The van der Waals surface area contributed by atoms with Crippen molar-refractivity contribution in [1.29, 1.82) is 0 Å². The second-order valence-corrected chi connectivity index (χ2v) is 5.41. The van der Waals surface area contributed by atoms with E-state index in [9.17, 15) is 5.11 Å². The molecule has 0 spiro atoms. The zero-order chi connectivity index (χ0) is 15.1. The standard InChI is InChI=1S/C17H27O3/c1-5-12(3)15-8-7-9-16(13(4)6-2)17(15)20-11-14(19)10-18/h7-10,12-14,18-19H,5-6,11H2,1-4H3. The van der Waals surface area contributed by atoms with E-state index in [0.29, 0.717) is 11.8 Å². The number of hydrogen-bond acceptors (Lipinski definition) is 3. The van der Waals surface area contributed by atoms with Crippen LogP contribution in [-0.4, -0.2) is 22.9 Å². The van der Waals surface area contributed by atoms with E-state index in [1.165, 1.54) is 11.1 Å². The summed E-state index contributed by atoms with van der Waals surface area (Å²) in [6.07, 6.45) is 1.12. The lowest BCUT2D eigenvalue weighted by molar-refractivity contribution is 0.0903. The molecule has 0 heterocycles. The lowest BCUT2D eigenvalue weighted by Crippen LogP contribution is -2.19. The molecule has 0 aromatic heterocycles. The van der Waals surface area contributed by atoms with Crippen LogP contribution in [0.25, 0.3) is 0 Å². The molecule has 3 unspecified atom stereocenters. The van der Waals surface area contributed by atoms with Crippen LogP contribution < -0.4 is 4.74 Å². The lowest BCUT2D eigenvalue weighted by atomic mass is 9.90. The van der Waals surface area contributed by atoms with Crippen LogP contribution in [0.4, 0.5) is 0 Å². The molecule has 3 nitrogen and oxygen atoms in total. The summed E-state index contributed by atoms with van der Waals surface area (Å²) in [6, 6.07) is 6.25. The van der Waals surface area contributed by atoms with Gasteiger partial charge in [0.05, 0.1) is 0 Å². The van der Waals surface area contributed by atoms with Gasteiger partial charge in [-0.3, -0.25) is 0 Å². The van der Waals surface area contributed by atoms with Crippen LogP contribution in [0, 0.1) is 6.61 Å². The molecule has 20 heavy (non-hydrogen) atoms. The van der Waals surface area contributed by atoms with Gasteiger partial charge in [-0.25, -0.2) is 0 Å². The Hall–Kier alpha value is -1.06. The van der Waals surface area contributed by atoms with Crippen LogP contribution in [-0.2, 0) is 0 Å². The highest BCUT2D eigenvalue weighted by atomic mass is 16.5. The molecule has 0 amide bonds. The van der Waals surface area contributed by atoms with E-state index < -0.39 is 6.10 Å². The van der Waals surface area contributed by atoms with Crippen LogP contribution in [0.2, 0.25) is 0 Å². The fourth-order valence-electron chi connectivity index (χ4n) is 2.17. The Morgan fingerprint density at radius 2 is 1.60 bits per heavy atom. The molecule has 1 aromatic carbocycles. The zero-order valence-corrected chi connectivity index (χ0v) is 13.0. The smallest absolute Gasteiger partial charge is 0.126 e. The van der Waals surface area contributed by atoms with Crippen molar-refractivity contribution in [2.75, 3.05) is 6.61 Å². The van der Waals surface area contributed by atoms with Gasteiger partial charge < -0.3 is 14.9 Å². The largest absolute Gasteiger partial charge is 0.490 e. The Morgan fingerprint density at radius 3 is 2.00 bits per heavy atom. The molecular weight excluding hydrogens is 252 g/mol. The van der Waals surface area contributed by atoms with E-state index >= 15 is 0 Å². The number of ether oxygens (including phenoxy) is 1. The van der Waals surface area contributed by atoms with Gasteiger partial charge in [-0.15, -0.1) is 0 Å². The van der Waals surface area contributed by atoms with Gasteiger partial charge in [-0.2, -0.15) is 0 Å². The summed E-state index contributed by atoms with van der Waals surface area (Å²) < 4.78 is 5.83. The van der Waals surface area contributed by atoms with Gasteiger partial charge in [0.1, 0.15) is 25.1 Å². The summed E-state index contributed by atoms with van der Waals surface area (Å²) in [5.41, 5.74) is 2.35. The van der Waals surface area contributed by atoms with E-state index in [2.05, 4.69) is 45.9 Å². The van der Waals surface area contributed by atoms with Crippen LogP contribution >= 0.6 is 0 Å². The first kappa shape index (κ1) is 17.0. The Morgan fingerprint density at radius 1 is 1.10 bits per heavy atom. The Bertz CT molecular complexity index is 375. The van der Waals surface area contributed by atoms with Gasteiger partial charge in [0, 0.05) is 0 Å². The van der Waals surface area contributed by atoms with Crippen molar-refractivity contribution in [3.63, 3.8) is 0 Å². The molecular formula is C17H27O3. The third-order valence-electron chi connectivity index (χ3n) is 3.93. The summed E-state index contributed by atoms with van der Waals surface area (Å²) in [5.74, 6) is 1.69. The fourth-order valence-corrected chi connectivity index (χ4v) is 2.17. The van der Waals surface area contributed by atoms with Crippen LogP contribution in [0.3, 0.4) is 0 Å². The number of para-hydroxylation sites is 1. The number of hydrogen-bond donors (Lipinski definition) is 2. The number of rotatable bonds is 8. The molecule has 3 atom stereocenters. The SMILES string of the molecule is CCC(C)c1cccc(C(C)CC)c1OCC(O)[CH]O. The molecule has 1 radical (unpaired) electrons. The van der Waals surface area contributed by atoms with Crippen molar-refractivity contribution >= 4 is 0 Å². The summed E-state index contributed by atoms with van der Waals surface area (Å²) in [4.78, 5) is 0. The van der Waals surface area contributed by atoms with Crippen molar-refractivity contribution in [3.8, 4) is 5.75 Å². The molecule has 0 aliphatic heterocycles. The lowest BCUT2D eigenvalue weighted by Gasteiger charge is -2.22. The first-order valence-corrected chi connectivity index (χ1v) is 7.46. The van der Waals surface area contributed by atoms with Gasteiger partial charge in [-0.05, 0) is 35.8 Å². The molecule has 0 saturated heterocycles. The van der Waals surface area contributed by atoms with Crippen molar-refractivity contribution < 1.29 is 14.9 Å². The van der Waals surface area contributed by atoms with E-state index in [4.69, 9.17) is 9.84 Å². The van der Waals surface area contributed by atoms with E-state index in [1.54, 1.807) is 0 Å². The van der Waals surface area contributed by atoms with Gasteiger partial charge in [0.2, 0.25) is 0 Å². The third-order valence-corrected chi connectivity index (χ3v) is 3.93. The quantitative estimate of drug-likeness (QED) is 0.756. The summed E-state index contributed by atoms with van der Waals surface area (Å²) in [5, 5.41) is 18.3. The average Bonchev–Trinajstić information content (AvgIpc) is 2.50. The van der Waals surface area contributed by atoms with Gasteiger partial charge in [0.25, 0.3) is 0 Å². The predicted octanol–water partition coefficient (Wildman–Crippen LogP) is 3.99. The molecule has 3 heteroatoms. The highest BCUT2D eigenvalue weighted by Gasteiger charge is 2.18. The van der Waals surface area contributed by atoms with Crippen LogP contribution in [0.5, 0.6) is 5.75 Å². The highest BCUT2D eigenvalue weighted by Crippen LogP contribution is 2.36. The Balaban J connectivity index is 3.11. The Kier molecular flexibility index (Phi) is 7.03. The first-order chi connectivity index (χ1) is 9.54. The Labute approximate surface area is 122 Å². The molecule has 1 rings (SSSR count). The van der Waals surface area contributed by atoms with Gasteiger partial charge in [0.15, 0.2) is 0 Å². The van der Waals surface area contributed by atoms with E-state index in [1.807, 2.05) is 0 Å². The van der Waals surface area contributed by atoms with Gasteiger partial charge in [-0.1, -0.05) is 45.9 Å². The summed E-state index contributed by atoms with van der Waals surface area (Å²) >= 11 is 0. The highest BCUT2D eigenvalue weighted by molar-refractivity contribution is 5.45. The van der Waals surface area contributed by atoms with Crippen molar-refractivity contribution in [2.45, 2.75) is 58.5 Å². The monoisotopic (exact) mass is 279 g/mol. The maximum absolute atomic E-state index is 9.46. The first-order valence-electron chi connectivity index (χ1n) is 7.46. The van der Waals surface area contributed by atoms with Crippen LogP contribution in [0.15, 0.2) is 18.2 Å². The third kappa shape index (κ3) is 4.22. The molecule has 0 aliphatic carbocycles. The molecule has 0 fully saturated rings. The van der Waals surface area contributed by atoms with Crippen LogP contribution in [0.1, 0.15) is 63.5 Å². The van der Waals surface area contributed by atoms with Gasteiger partial charge >= 0.3 is 0 Å². The number of aliphatic hydroxyl groups excluding tert-OH is 2. The molecule has 0 aliphatic rings. The minimum atomic E-state index is -0.954. The maximum atomic E-state index is 9.46. The van der Waals surface area contributed by atoms with Crippen molar-refractivity contribution in [2.24, 2.45) is 0 Å². The fraction of sp³-hybridized carbons (Fsp3) is 0.588. The molecule has 2 N–H and O–H groups in total. The normalized spacial score (nSPS) is 15.7. The summed E-state index contributed by atoms with van der Waals surface area (Å²) in [7, 11) is 0. The molecule has 0 saturated carbocycles. The second kappa shape index (κ2) is 8.28. The molecule has 113 valence electrons. The average molecular weight is 279 g/mol. The minimum absolute atomic E-state index is 0.0768. The number of benzene rings is 1. The second-order valence-electron chi connectivity index (χ2n) is 5.41. The topological polar surface area (TPSA) is 49.7 Å². The number of aliphatic hydroxyl groups is 2. The summed E-state index contributed by atoms with van der Waals surface area (Å²) in [6.45, 7) is 9.50. The van der Waals surface area contributed by atoms with Crippen molar-refractivity contribution in [1.82, 2.24) is 0 Å². The molecule has 0 bridgehead atoms. The minimum Gasteiger partial charge on any atom is -0.490 e. The van der Waals surface area contributed by atoms with E-state index in [-0.39, 0.29) is 6.61 Å². The van der Waals surface area contributed by atoms with Crippen molar-refractivity contribution in [3.05, 3.63) is 35.9 Å². The van der Waals surface area contributed by atoms with E-state index in [0.717, 1.165) is 25.2 Å². The maximum Gasteiger partial charge on any atom is 0.126 e.